The molecule has 1 aliphatic carbocycles. The van der Waals surface area contributed by atoms with Gasteiger partial charge in [-0.05, 0) is 72.1 Å². The monoisotopic (exact) mass is 644 g/mol. The largest absolute Gasteiger partial charge is 0.480 e. The molecule has 9 nitrogen and oxygen atoms in total. The van der Waals surface area contributed by atoms with Gasteiger partial charge in [0.25, 0.3) is 11.8 Å². The molecule has 1 saturated heterocycles. The number of hydrogen-bond donors (Lipinski definition) is 2. The van der Waals surface area contributed by atoms with E-state index in [1.165, 1.54) is 18.2 Å². The van der Waals surface area contributed by atoms with Crippen molar-refractivity contribution in [2.45, 2.75) is 70.6 Å². The molecule has 2 atom stereocenters. The van der Waals surface area contributed by atoms with E-state index in [4.69, 9.17) is 4.74 Å². The summed E-state index contributed by atoms with van der Waals surface area (Å²) >= 11 is 1.52. The van der Waals surface area contributed by atoms with E-state index in [0.717, 1.165) is 42.4 Å². The molecule has 240 valence electrons. The van der Waals surface area contributed by atoms with Crippen LogP contribution in [0.2, 0.25) is 0 Å². The fraction of sp³-hybridized carbons (Fsp3) is 0.545. The molecule has 0 bridgehead atoms. The van der Waals surface area contributed by atoms with Gasteiger partial charge in [-0.1, -0.05) is 62.4 Å². The number of carbonyl (C=O) groups excluding carboxylic acids is 2. The molecule has 2 fully saturated rings. The molecule has 0 radical (unpaired) electrons. The zero-order valence-electron chi connectivity index (χ0n) is 25.6. The first-order valence-corrected chi connectivity index (χ1v) is 18.6. The van der Waals surface area contributed by atoms with Crippen molar-refractivity contribution in [1.82, 2.24) is 10.2 Å². The highest BCUT2D eigenvalue weighted by Crippen LogP contribution is 2.31. The normalized spacial score (nSPS) is 18.4. The van der Waals surface area contributed by atoms with Gasteiger partial charge in [0.15, 0.2) is 9.84 Å². The molecular weight excluding hydrogens is 601 g/mol. The fourth-order valence-electron chi connectivity index (χ4n) is 6.01. The summed E-state index contributed by atoms with van der Waals surface area (Å²) in [5, 5.41) is 12.4. The Balaban J connectivity index is 1.57. The van der Waals surface area contributed by atoms with E-state index in [-0.39, 0.29) is 37.1 Å². The van der Waals surface area contributed by atoms with Crippen molar-refractivity contribution in [1.29, 1.82) is 0 Å². The Morgan fingerprint density at radius 1 is 1.05 bits per heavy atom. The molecule has 2 N–H and O–H groups in total. The fourth-order valence-corrected chi connectivity index (χ4v) is 7.68. The van der Waals surface area contributed by atoms with Crippen molar-refractivity contribution >= 4 is 39.4 Å². The molecule has 2 aromatic carbocycles. The van der Waals surface area contributed by atoms with Crippen LogP contribution in [0.15, 0.2) is 42.5 Å². The molecule has 0 unspecified atom stereocenters. The van der Waals surface area contributed by atoms with E-state index in [9.17, 15) is 27.9 Å². The third-order valence-corrected chi connectivity index (χ3v) is 10.9. The van der Waals surface area contributed by atoms with Crippen LogP contribution in [0.25, 0.3) is 11.1 Å². The van der Waals surface area contributed by atoms with E-state index in [1.807, 2.05) is 43.5 Å². The molecule has 0 spiro atoms. The highest BCUT2D eigenvalue weighted by molar-refractivity contribution is 7.98. The first-order chi connectivity index (χ1) is 21.1. The lowest BCUT2D eigenvalue weighted by molar-refractivity contribution is -0.146. The van der Waals surface area contributed by atoms with E-state index < -0.39 is 33.9 Å². The predicted molar refractivity (Wildman–Crippen MR) is 174 cm³/mol. The number of carboxylic acids is 1. The van der Waals surface area contributed by atoms with Crippen LogP contribution in [-0.2, 0) is 30.8 Å². The average molecular weight is 645 g/mol. The summed E-state index contributed by atoms with van der Waals surface area (Å²) in [6.45, 7) is 2.46. The Bertz CT molecular complexity index is 1410. The number of ether oxygens (including phenoxy) is 1. The maximum atomic E-state index is 13.6. The van der Waals surface area contributed by atoms with Crippen LogP contribution in [0.3, 0.4) is 0 Å². The summed E-state index contributed by atoms with van der Waals surface area (Å²) in [6, 6.07) is 12.0. The first kappa shape index (κ1) is 34.0. The van der Waals surface area contributed by atoms with Gasteiger partial charge in [-0.15, -0.1) is 0 Å². The van der Waals surface area contributed by atoms with Crippen molar-refractivity contribution in [3.8, 4) is 11.1 Å². The smallest absolute Gasteiger partial charge is 0.326 e. The summed E-state index contributed by atoms with van der Waals surface area (Å²) < 4.78 is 30.3. The number of rotatable bonds is 13. The molecule has 44 heavy (non-hydrogen) atoms. The number of nitrogens with zero attached hydrogens (tertiary/aromatic N) is 1. The van der Waals surface area contributed by atoms with Gasteiger partial charge >= 0.3 is 5.97 Å². The highest BCUT2D eigenvalue weighted by atomic mass is 32.2. The Morgan fingerprint density at radius 2 is 1.75 bits per heavy atom. The first-order valence-electron chi connectivity index (χ1n) is 15.4. The number of carboxylic acid groups (broad SMARTS) is 1. The van der Waals surface area contributed by atoms with Crippen molar-refractivity contribution in [3.63, 3.8) is 0 Å². The number of benzene rings is 2. The SMILES string of the molecule is CSCC[C@H](NC(=O)c1ccc(CO[C@@H](CC2CCCCC2)C(=O)N2CCS(=O)(=O)CC2)cc1-c1ccccc1C)C(=O)O. The number of amides is 2. The Labute approximate surface area is 265 Å². The minimum Gasteiger partial charge on any atom is -0.480 e. The van der Waals surface area contributed by atoms with Crippen LogP contribution < -0.4 is 5.32 Å². The van der Waals surface area contributed by atoms with Gasteiger partial charge in [-0.3, -0.25) is 9.59 Å². The second-order valence-electron chi connectivity index (χ2n) is 11.9. The summed E-state index contributed by atoms with van der Waals surface area (Å²) in [4.78, 5) is 40.5. The third-order valence-electron chi connectivity index (χ3n) is 8.63. The zero-order chi connectivity index (χ0) is 31.7. The molecule has 11 heteroatoms. The number of hydrogen-bond acceptors (Lipinski definition) is 7. The molecule has 0 aromatic heterocycles. The quantitative estimate of drug-likeness (QED) is 0.321. The number of aliphatic carboxylic acids is 1. The Morgan fingerprint density at radius 3 is 2.41 bits per heavy atom. The van der Waals surface area contributed by atoms with E-state index in [0.29, 0.717) is 35.6 Å². The van der Waals surface area contributed by atoms with Gasteiger partial charge < -0.3 is 20.1 Å². The average Bonchev–Trinajstić information content (AvgIpc) is 3.01. The van der Waals surface area contributed by atoms with Gasteiger partial charge in [0.2, 0.25) is 0 Å². The van der Waals surface area contributed by atoms with E-state index in [2.05, 4.69) is 5.32 Å². The minimum atomic E-state index is -3.12. The topological polar surface area (TPSA) is 130 Å². The molecule has 2 aromatic rings. The summed E-state index contributed by atoms with van der Waals surface area (Å²) in [6.07, 6.45) is 7.69. The van der Waals surface area contributed by atoms with Crippen LogP contribution >= 0.6 is 11.8 Å². The van der Waals surface area contributed by atoms with Crippen LogP contribution in [0.1, 0.15) is 66.4 Å². The van der Waals surface area contributed by atoms with E-state index >= 15 is 0 Å². The lowest BCUT2D eigenvalue weighted by Crippen LogP contribution is -2.48. The highest BCUT2D eigenvalue weighted by Gasteiger charge is 2.32. The molecular formula is C33H44N2O7S2. The predicted octanol–water partition coefficient (Wildman–Crippen LogP) is 4.71. The van der Waals surface area contributed by atoms with Gasteiger partial charge in [0.1, 0.15) is 12.1 Å². The van der Waals surface area contributed by atoms with Crippen molar-refractivity contribution in [2.75, 3.05) is 36.6 Å². The lowest BCUT2D eigenvalue weighted by Gasteiger charge is -2.32. The standard InChI is InChI=1S/C33H44N2O7S2/c1-23-8-6-7-11-26(23)28-20-25(12-13-27(28)31(36)34-29(33(38)39)14-17-43-2)22-42-30(21-24-9-4-3-5-10-24)32(37)35-15-18-44(40,41)19-16-35/h6-8,11-13,20,24,29-30H,3-5,9-10,14-19,21-22H2,1-2H3,(H,34,36)(H,38,39)/t29-,30-/m0/s1. The second kappa shape index (κ2) is 15.9. The lowest BCUT2D eigenvalue weighted by atomic mass is 9.85. The molecule has 4 rings (SSSR count). The van der Waals surface area contributed by atoms with Gasteiger partial charge in [-0.25, -0.2) is 13.2 Å². The third kappa shape index (κ3) is 9.31. The van der Waals surface area contributed by atoms with Gasteiger partial charge in [-0.2, -0.15) is 11.8 Å². The van der Waals surface area contributed by atoms with Gasteiger partial charge in [0.05, 0.1) is 18.1 Å². The number of thioether (sulfide) groups is 1. The number of nitrogens with one attached hydrogen (secondary N) is 1. The van der Waals surface area contributed by atoms with Crippen LogP contribution in [0.4, 0.5) is 0 Å². The van der Waals surface area contributed by atoms with Crippen LogP contribution in [-0.4, -0.2) is 85.0 Å². The summed E-state index contributed by atoms with van der Waals surface area (Å²) in [5.41, 5.74) is 3.61. The van der Waals surface area contributed by atoms with Crippen LogP contribution in [0.5, 0.6) is 0 Å². The molecule has 1 aliphatic heterocycles. The molecule has 2 amide bonds. The summed E-state index contributed by atoms with van der Waals surface area (Å²) in [5.74, 6) is -0.772. The Hall–Kier alpha value is -2.89. The van der Waals surface area contributed by atoms with Crippen molar-refractivity contribution < 1.29 is 32.6 Å². The van der Waals surface area contributed by atoms with Crippen LogP contribution in [0, 0.1) is 12.8 Å². The van der Waals surface area contributed by atoms with Gasteiger partial charge in [0, 0.05) is 18.7 Å². The maximum Gasteiger partial charge on any atom is 0.326 e. The zero-order valence-corrected chi connectivity index (χ0v) is 27.3. The molecule has 1 saturated carbocycles. The maximum absolute atomic E-state index is 13.6. The molecule has 1 heterocycles. The van der Waals surface area contributed by atoms with Crippen molar-refractivity contribution in [3.05, 3.63) is 59.2 Å². The number of carbonyl (C=O) groups is 3. The Kier molecular flexibility index (Phi) is 12.3. The second-order valence-corrected chi connectivity index (χ2v) is 15.1. The molecule has 2 aliphatic rings. The minimum absolute atomic E-state index is 0.0295. The van der Waals surface area contributed by atoms with E-state index in [1.54, 1.807) is 17.0 Å². The number of sulfone groups is 1. The van der Waals surface area contributed by atoms with Crippen molar-refractivity contribution in [2.24, 2.45) is 5.92 Å². The number of aryl methyl sites for hydroxylation is 1. The summed E-state index contributed by atoms with van der Waals surface area (Å²) in [7, 11) is -3.12.